The number of carbonyl (C=O) groups excluding carboxylic acids is 1. The zero-order valence-electron chi connectivity index (χ0n) is 16.8. The van der Waals surface area contributed by atoms with E-state index in [2.05, 4.69) is 15.3 Å². The van der Waals surface area contributed by atoms with Gasteiger partial charge in [0.2, 0.25) is 5.84 Å². The van der Waals surface area contributed by atoms with E-state index in [-0.39, 0.29) is 18.6 Å². The number of aromatic nitrogens is 1. The van der Waals surface area contributed by atoms with Crippen LogP contribution in [0.1, 0.15) is 19.0 Å². The van der Waals surface area contributed by atoms with Crippen molar-refractivity contribution >= 4 is 34.9 Å². The number of benzene rings is 1. The van der Waals surface area contributed by atoms with Crippen LogP contribution in [0.25, 0.3) is 0 Å². The van der Waals surface area contributed by atoms with Crippen molar-refractivity contribution in [1.29, 1.82) is 10.8 Å². The van der Waals surface area contributed by atoms with E-state index >= 15 is 0 Å². The van der Waals surface area contributed by atoms with Gasteiger partial charge in [-0.25, -0.2) is 9.98 Å². The van der Waals surface area contributed by atoms with Crippen LogP contribution in [-0.2, 0) is 11.0 Å². The molecule has 1 aromatic carbocycles. The number of hydrogen-bond donors (Lipinski definition) is 4. The molecule has 0 radical (unpaired) electrons. The van der Waals surface area contributed by atoms with Gasteiger partial charge in [-0.15, -0.1) is 0 Å². The minimum atomic E-state index is -4.61. The predicted molar refractivity (Wildman–Crippen MR) is 119 cm³/mol. The first-order chi connectivity index (χ1) is 15.1. The highest BCUT2D eigenvalue weighted by Gasteiger charge is 2.33. The zero-order chi connectivity index (χ0) is 23.3. The van der Waals surface area contributed by atoms with Gasteiger partial charge in [-0.3, -0.25) is 10.2 Å². The number of carbonyl (C=O) groups is 1. The van der Waals surface area contributed by atoms with Gasteiger partial charge in [0.15, 0.2) is 0 Å². The Hall–Kier alpha value is -4.02. The van der Waals surface area contributed by atoms with Gasteiger partial charge in [-0.1, -0.05) is 24.3 Å². The van der Waals surface area contributed by atoms with Crippen molar-refractivity contribution in [2.45, 2.75) is 12.6 Å². The van der Waals surface area contributed by atoms with E-state index in [9.17, 15) is 18.0 Å². The lowest BCUT2D eigenvalue weighted by Gasteiger charge is -2.32. The third-order valence-electron chi connectivity index (χ3n) is 4.56. The fourth-order valence-electron chi connectivity index (χ4n) is 2.83. The summed E-state index contributed by atoms with van der Waals surface area (Å²) in [5.74, 6) is -0.928. The molecule has 0 atom stereocenters. The molecule has 0 aliphatic carbocycles. The van der Waals surface area contributed by atoms with Crippen molar-refractivity contribution in [2.24, 2.45) is 10.7 Å². The third kappa shape index (κ3) is 5.56. The Morgan fingerprint density at radius 2 is 1.88 bits per heavy atom. The summed E-state index contributed by atoms with van der Waals surface area (Å²) in [7, 11) is 0. The largest absolute Gasteiger partial charge is 0.417 e. The summed E-state index contributed by atoms with van der Waals surface area (Å²) in [6.45, 7) is 1.77. The summed E-state index contributed by atoms with van der Waals surface area (Å²) in [6, 6.07) is 9.76. The van der Waals surface area contributed by atoms with Gasteiger partial charge >= 0.3 is 6.18 Å². The van der Waals surface area contributed by atoms with Gasteiger partial charge in [-0.05, 0) is 36.8 Å². The number of amides is 1. The third-order valence-corrected chi connectivity index (χ3v) is 4.56. The van der Waals surface area contributed by atoms with E-state index in [1.165, 1.54) is 18.2 Å². The van der Waals surface area contributed by atoms with Crippen LogP contribution in [-0.4, -0.2) is 41.4 Å². The Bertz CT molecular complexity index is 1110. The molecule has 0 bridgehead atoms. The van der Waals surface area contributed by atoms with Crippen molar-refractivity contribution in [2.75, 3.05) is 23.3 Å². The maximum absolute atomic E-state index is 13.1. The van der Waals surface area contributed by atoms with E-state index in [1.807, 2.05) is 11.0 Å². The lowest BCUT2D eigenvalue weighted by Crippen LogP contribution is -2.37. The molecule has 11 heteroatoms. The molecule has 1 aliphatic rings. The first-order valence-electron chi connectivity index (χ1n) is 9.54. The van der Waals surface area contributed by atoms with Crippen LogP contribution in [0.5, 0.6) is 0 Å². The SMILES string of the molecule is N=C(N=C(N)/C=C\C(=N)c1ccccc1C(F)(F)F)C(=O)Nc1cccc(N2CCC2)n1.[HH]. The van der Waals surface area contributed by atoms with Crippen LogP contribution >= 0.6 is 0 Å². The second-order valence-corrected chi connectivity index (χ2v) is 6.85. The van der Waals surface area contributed by atoms with Crippen LogP contribution in [0.3, 0.4) is 0 Å². The second-order valence-electron chi connectivity index (χ2n) is 6.85. The number of amidine groups is 2. The Kier molecular flexibility index (Phi) is 6.67. The Balaban J connectivity index is 0.00000385. The number of halogens is 3. The van der Waals surface area contributed by atoms with E-state index in [1.54, 1.807) is 12.1 Å². The molecule has 0 spiro atoms. The number of rotatable bonds is 5. The minimum absolute atomic E-state index is 0. The predicted octanol–water partition coefficient (Wildman–Crippen LogP) is 3.45. The highest BCUT2D eigenvalue weighted by molar-refractivity contribution is 6.42. The van der Waals surface area contributed by atoms with Gasteiger partial charge in [0, 0.05) is 20.1 Å². The molecule has 0 saturated carbocycles. The Labute approximate surface area is 183 Å². The maximum atomic E-state index is 13.1. The van der Waals surface area contributed by atoms with E-state index in [4.69, 9.17) is 16.6 Å². The smallest absolute Gasteiger partial charge is 0.384 e. The summed E-state index contributed by atoms with van der Waals surface area (Å²) in [5, 5.41) is 18.1. The van der Waals surface area contributed by atoms with E-state index < -0.39 is 29.2 Å². The van der Waals surface area contributed by atoms with Gasteiger partial charge < -0.3 is 21.4 Å². The van der Waals surface area contributed by atoms with Crippen molar-refractivity contribution in [3.8, 4) is 0 Å². The number of allylic oxidation sites excluding steroid dienone is 1. The van der Waals surface area contributed by atoms with Crippen molar-refractivity contribution < 1.29 is 19.4 Å². The molecule has 5 N–H and O–H groups in total. The first-order valence-corrected chi connectivity index (χ1v) is 9.54. The molecule has 8 nitrogen and oxygen atoms in total. The molecular formula is C21H22F3N7O. The quantitative estimate of drug-likeness (QED) is 0.415. The summed E-state index contributed by atoms with van der Waals surface area (Å²) < 4.78 is 39.3. The van der Waals surface area contributed by atoms with Crippen molar-refractivity contribution in [1.82, 2.24) is 4.98 Å². The maximum Gasteiger partial charge on any atom is 0.417 e. The minimum Gasteiger partial charge on any atom is -0.384 e. The van der Waals surface area contributed by atoms with Gasteiger partial charge in [0.1, 0.15) is 17.5 Å². The molecule has 2 heterocycles. The van der Waals surface area contributed by atoms with Crippen LogP contribution in [0.2, 0.25) is 0 Å². The number of nitrogens with one attached hydrogen (secondary N) is 3. The molecule has 1 aliphatic heterocycles. The molecular weight excluding hydrogens is 423 g/mol. The second kappa shape index (κ2) is 9.41. The average molecular weight is 445 g/mol. The lowest BCUT2D eigenvalue weighted by atomic mass is 10.0. The van der Waals surface area contributed by atoms with Crippen molar-refractivity contribution in [3.63, 3.8) is 0 Å². The van der Waals surface area contributed by atoms with Crippen LogP contribution in [0.4, 0.5) is 24.8 Å². The highest BCUT2D eigenvalue weighted by atomic mass is 19.4. The molecule has 32 heavy (non-hydrogen) atoms. The monoisotopic (exact) mass is 445 g/mol. The van der Waals surface area contributed by atoms with Gasteiger partial charge in [0.25, 0.3) is 5.91 Å². The number of alkyl halides is 3. The highest BCUT2D eigenvalue weighted by Crippen LogP contribution is 2.32. The Morgan fingerprint density at radius 3 is 2.53 bits per heavy atom. The summed E-state index contributed by atoms with van der Waals surface area (Å²) in [5.41, 5.74) is 3.92. The Morgan fingerprint density at radius 1 is 1.16 bits per heavy atom. The van der Waals surface area contributed by atoms with Crippen LogP contribution in [0, 0.1) is 10.8 Å². The number of nitrogens with zero attached hydrogens (tertiary/aromatic N) is 3. The molecule has 1 fully saturated rings. The van der Waals surface area contributed by atoms with Gasteiger partial charge in [-0.2, -0.15) is 13.2 Å². The first kappa shape index (κ1) is 22.7. The molecule has 1 amide bonds. The molecule has 1 saturated heterocycles. The van der Waals surface area contributed by atoms with Crippen molar-refractivity contribution in [3.05, 3.63) is 65.7 Å². The number of pyridine rings is 1. The summed E-state index contributed by atoms with van der Waals surface area (Å²) >= 11 is 0. The average Bonchev–Trinajstić information content (AvgIpc) is 2.70. The molecule has 2 aromatic rings. The summed E-state index contributed by atoms with van der Waals surface area (Å²) in [6.07, 6.45) is -1.46. The van der Waals surface area contributed by atoms with Crippen LogP contribution in [0.15, 0.2) is 59.6 Å². The van der Waals surface area contributed by atoms with Gasteiger partial charge in [0.05, 0.1) is 11.3 Å². The molecule has 1 aromatic heterocycles. The van der Waals surface area contributed by atoms with Crippen LogP contribution < -0.4 is 16.0 Å². The fourth-order valence-corrected chi connectivity index (χ4v) is 2.83. The van der Waals surface area contributed by atoms with E-state index in [0.717, 1.165) is 37.7 Å². The number of nitrogens with two attached hydrogens (primary N) is 1. The summed E-state index contributed by atoms with van der Waals surface area (Å²) in [4.78, 5) is 22.1. The molecule has 3 rings (SSSR count). The number of aliphatic imine (C=N–C) groups is 1. The van der Waals surface area contributed by atoms with E-state index in [0.29, 0.717) is 5.82 Å². The fraction of sp³-hybridized carbons (Fsp3) is 0.190. The zero-order valence-corrected chi connectivity index (χ0v) is 16.8. The normalized spacial score (nSPS) is 14.2. The standard InChI is InChI=1S/C21H20F3N7O.H2/c22-21(23,24)14-6-2-1-5-13(14)15(25)9-10-16(26)28-19(27)20(32)30-17-7-3-8-18(29-17)31-11-4-12-31;/h1-3,5-10,25H,4,11-12H2,(H3,26,27,28)(H,29,30,32);1H/b10-9-,25-15?;. The lowest BCUT2D eigenvalue weighted by molar-refractivity contribution is -0.137. The number of anilines is 2. The molecule has 168 valence electrons. The topological polar surface area (TPSA) is 131 Å². The number of hydrogen-bond acceptors (Lipinski definition) is 5. The molecule has 0 unspecified atom stereocenters.